The van der Waals surface area contributed by atoms with Crippen molar-refractivity contribution in [3.8, 4) is 11.5 Å². The number of rotatable bonds is 13. The molecule has 1 aromatic heterocycles. The number of esters is 1. The van der Waals surface area contributed by atoms with Gasteiger partial charge in [-0.05, 0) is 99.8 Å². The molecule has 0 saturated heterocycles. The molecule has 3 aromatic carbocycles. The number of alkyl halides is 1. The van der Waals surface area contributed by atoms with Crippen molar-refractivity contribution in [2.75, 3.05) is 32.6 Å². The van der Waals surface area contributed by atoms with Crippen molar-refractivity contribution in [2.45, 2.75) is 65.6 Å². The molecule has 11 nitrogen and oxygen atoms in total. The Kier molecular flexibility index (Phi) is 10.7. The molecule has 1 aliphatic heterocycles. The van der Waals surface area contributed by atoms with Crippen LogP contribution in [-0.2, 0) is 32.9 Å². The Hall–Kier alpha value is -3.71. The molecule has 1 unspecified atom stereocenters. The molecule has 0 fully saturated rings. The van der Waals surface area contributed by atoms with E-state index >= 15 is 0 Å². The van der Waals surface area contributed by atoms with E-state index in [1.54, 1.807) is 6.92 Å². The first-order valence-corrected chi connectivity index (χ1v) is 17.7. The highest BCUT2D eigenvalue weighted by molar-refractivity contribution is 7.84. The zero-order valence-electron chi connectivity index (χ0n) is 27.4. The molecule has 4 aromatic rings. The van der Waals surface area contributed by atoms with Crippen LogP contribution in [-0.4, -0.2) is 76.3 Å². The second kappa shape index (κ2) is 14.6. The van der Waals surface area contributed by atoms with E-state index in [1.807, 2.05) is 62.8 Å². The summed E-state index contributed by atoms with van der Waals surface area (Å²) in [6.45, 7) is 10.2. The van der Waals surface area contributed by atoms with E-state index in [4.69, 9.17) is 20.5 Å². The Labute approximate surface area is 281 Å². The van der Waals surface area contributed by atoms with Gasteiger partial charge in [-0.1, -0.05) is 29.5 Å². The molecule has 5 rings (SSSR count). The lowest BCUT2D eigenvalue weighted by Gasteiger charge is -2.33. The fourth-order valence-electron chi connectivity index (χ4n) is 6.26. The van der Waals surface area contributed by atoms with Crippen molar-refractivity contribution >= 4 is 38.9 Å². The van der Waals surface area contributed by atoms with Crippen LogP contribution < -0.4 is 4.18 Å². The maximum absolute atomic E-state index is 13.3. The van der Waals surface area contributed by atoms with Crippen molar-refractivity contribution in [3.05, 3.63) is 81.9 Å². The van der Waals surface area contributed by atoms with E-state index in [2.05, 4.69) is 15.2 Å². The van der Waals surface area contributed by atoms with Crippen LogP contribution in [0, 0.1) is 13.8 Å². The zero-order chi connectivity index (χ0) is 33.9. The van der Waals surface area contributed by atoms with Gasteiger partial charge in [-0.15, -0.1) is 16.7 Å². The van der Waals surface area contributed by atoms with Gasteiger partial charge in [-0.2, -0.15) is 12.7 Å². The van der Waals surface area contributed by atoms with E-state index < -0.39 is 16.3 Å². The Morgan fingerprint density at radius 3 is 2.66 bits per heavy atom. The van der Waals surface area contributed by atoms with Crippen molar-refractivity contribution in [1.29, 1.82) is 0 Å². The molecule has 1 aliphatic rings. The number of carbonyl (C=O) groups is 1. The summed E-state index contributed by atoms with van der Waals surface area (Å²) >= 11 is 5.87. The summed E-state index contributed by atoms with van der Waals surface area (Å²) in [7, 11) is -2.07. The van der Waals surface area contributed by atoms with Gasteiger partial charge in [0, 0.05) is 37.0 Å². The first-order chi connectivity index (χ1) is 22.4. The molecular formula is C34H42ClN5O6S. The number of nitrogens with zero attached hydrogens (tertiary/aromatic N) is 5. The molecule has 252 valence electrons. The summed E-state index contributed by atoms with van der Waals surface area (Å²) in [6.07, 6.45) is 0.989. The Bertz CT molecular complexity index is 1860. The molecule has 0 aliphatic carbocycles. The minimum Gasteiger partial charge on any atom is -0.508 e. The maximum Gasteiger partial charge on any atom is 0.386 e. The minimum atomic E-state index is -4.12. The third kappa shape index (κ3) is 7.56. The number of phenolic OH excluding ortho intramolecular Hbond substituents is 1. The van der Waals surface area contributed by atoms with Gasteiger partial charge in [0.15, 0.2) is 0 Å². The van der Waals surface area contributed by atoms with Crippen molar-refractivity contribution in [3.63, 3.8) is 0 Å². The number of fused-ring (bicyclic) bond motifs is 2. The van der Waals surface area contributed by atoms with Crippen molar-refractivity contribution in [2.24, 2.45) is 0 Å². The number of benzene rings is 3. The predicted octanol–water partition coefficient (Wildman–Crippen LogP) is 5.60. The van der Waals surface area contributed by atoms with Gasteiger partial charge in [0.25, 0.3) is 0 Å². The average molecular weight is 684 g/mol. The molecule has 2 atom stereocenters. The number of phenols is 1. The Morgan fingerprint density at radius 1 is 1.13 bits per heavy atom. The summed E-state index contributed by atoms with van der Waals surface area (Å²) in [6, 6.07) is 13.7. The second-order valence-corrected chi connectivity index (χ2v) is 13.9. The number of aromatic hydroxyl groups is 1. The lowest BCUT2D eigenvalue weighted by molar-refractivity contribution is -0.143. The first-order valence-electron chi connectivity index (χ1n) is 15.8. The van der Waals surface area contributed by atoms with Crippen LogP contribution in [0.3, 0.4) is 0 Å². The third-order valence-corrected chi connectivity index (χ3v) is 10.4. The largest absolute Gasteiger partial charge is 0.508 e. The van der Waals surface area contributed by atoms with Gasteiger partial charge in [0.1, 0.15) is 17.0 Å². The second-order valence-electron chi connectivity index (χ2n) is 12.0. The highest BCUT2D eigenvalue weighted by atomic mass is 35.5. The highest BCUT2D eigenvalue weighted by Crippen LogP contribution is 2.39. The number of carbonyl (C=O) groups excluding carboxylic acids is 1. The predicted molar refractivity (Wildman–Crippen MR) is 181 cm³/mol. The van der Waals surface area contributed by atoms with Crippen molar-refractivity contribution < 1.29 is 27.2 Å². The molecular weight excluding hydrogens is 642 g/mol. The standard InChI is InChI=1S/C34H42ClN5O6S/c1-6-45-33(42)20-30(28-11-12-31-34(23(28)3)36-37-39(31)16-7-15-38(5)17-14-35)25-9-8-22(2)29(19-25)24(4)40-21-26-18-27(41)10-13-32(26)46-47(40,43)44/h8-13,18-19,24,30,41H,6-7,14-17,20-21H2,1-5H3/t24-,30?/m1/s1. The number of aromatic nitrogens is 3. The average Bonchev–Trinajstić information content (AvgIpc) is 3.44. The van der Waals surface area contributed by atoms with E-state index in [-0.39, 0.29) is 43.0 Å². The van der Waals surface area contributed by atoms with Crippen LogP contribution in [0.5, 0.6) is 11.5 Å². The number of aryl methyl sites for hydroxylation is 3. The van der Waals surface area contributed by atoms with Crippen LogP contribution in [0.15, 0.2) is 48.5 Å². The molecule has 0 spiro atoms. The van der Waals surface area contributed by atoms with E-state index in [1.165, 1.54) is 22.5 Å². The monoisotopic (exact) mass is 683 g/mol. The van der Waals surface area contributed by atoms with Gasteiger partial charge < -0.3 is 18.9 Å². The van der Waals surface area contributed by atoms with Gasteiger partial charge >= 0.3 is 16.3 Å². The molecule has 0 radical (unpaired) electrons. The maximum atomic E-state index is 13.3. The van der Waals surface area contributed by atoms with Crippen LogP contribution >= 0.6 is 11.6 Å². The fourth-order valence-corrected chi connectivity index (χ4v) is 7.83. The smallest absolute Gasteiger partial charge is 0.386 e. The van der Waals surface area contributed by atoms with E-state index in [9.17, 15) is 18.3 Å². The first kappa shape index (κ1) is 34.6. The number of halogens is 1. The molecule has 0 amide bonds. The lowest BCUT2D eigenvalue weighted by atomic mass is 9.83. The molecule has 0 saturated carbocycles. The SMILES string of the molecule is CCOC(=O)CC(c1ccc(C)c([C@@H](C)N2Cc3cc(O)ccc3OS2(=O)=O)c1)c1ccc2c(nnn2CCCN(C)CCCl)c1C. The highest BCUT2D eigenvalue weighted by Gasteiger charge is 2.37. The Balaban J connectivity index is 1.49. The summed E-state index contributed by atoms with van der Waals surface area (Å²) in [5, 5.41) is 19.0. The normalized spacial score (nSPS) is 15.7. The zero-order valence-corrected chi connectivity index (χ0v) is 29.0. The summed E-state index contributed by atoms with van der Waals surface area (Å²) in [5.41, 5.74) is 6.60. The summed E-state index contributed by atoms with van der Waals surface area (Å²) in [5.74, 6) is 0.103. The fraction of sp³-hybridized carbons (Fsp3) is 0.441. The molecule has 1 N–H and O–H groups in total. The van der Waals surface area contributed by atoms with Crippen LogP contribution in [0.1, 0.15) is 72.0 Å². The summed E-state index contributed by atoms with van der Waals surface area (Å²) in [4.78, 5) is 15.2. The molecule has 13 heteroatoms. The van der Waals surface area contributed by atoms with Gasteiger partial charge in [-0.3, -0.25) is 4.79 Å². The lowest BCUT2D eigenvalue weighted by Crippen LogP contribution is -2.39. The molecule has 2 heterocycles. The van der Waals surface area contributed by atoms with E-state index in [0.717, 1.165) is 58.4 Å². The Morgan fingerprint density at radius 2 is 1.91 bits per heavy atom. The third-order valence-electron chi connectivity index (χ3n) is 8.85. The molecule has 47 heavy (non-hydrogen) atoms. The number of hydrogen-bond acceptors (Lipinski definition) is 9. The topological polar surface area (TPSA) is 127 Å². The van der Waals surface area contributed by atoms with Crippen molar-refractivity contribution in [1.82, 2.24) is 24.2 Å². The van der Waals surface area contributed by atoms with Crippen LogP contribution in [0.2, 0.25) is 0 Å². The van der Waals surface area contributed by atoms with Crippen LogP contribution in [0.4, 0.5) is 0 Å². The van der Waals surface area contributed by atoms with E-state index in [0.29, 0.717) is 18.0 Å². The molecule has 0 bridgehead atoms. The number of ether oxygens (including phenoxy) is 1. The van der Waals surface area contributed by atoms with Gasteiger partial charge in [0.2, 0.25) is 0 Å². The number of hydrogen-bond donors (Lipinski definition) is 1. The summed E-state index contributed by atoms with van der Waals surface area (Å²) < 4.78 is 40.5. The minimum absolute atomic E-state index is 0.0291. The quantitative estimate of drug-likeness (QED) is 0.142. The van der Waals surface area contributed by atoms with Gasteiger partial charge in [0.05, 0.1) is 24.6 Å². The van der Waals surface area contributed by atoms with Gasteiger partial charge in [-0.25, -0.2) is 4.68 Å². The van der Waals surface area contributed by atoms with Crippen LogP contribution in [0.25, 0.3) is 11.0 Å².